The molecule has 2 saturated heterocycles. The molecule has 2 aromatic heterocycles. The molecule has 0 amide bonds. The first-order valence-corrected chi connectivity index (χ1v) is 9.85. The van der Waals surface area contributed by atoms with Crippen LogP contribution in [0.15, 0.2) is 12.3 Å². The van der Waals surface area contributed by atoms with Crippen molar-refractivity contribution in [3.63, 3.8) is 0 Å². The fourth-order valence-corrected chi connectivity index (χ4v) is 5.40. The van der Waals surface area contributed by atoms with E-state index in [4.69, 9.17) is 0 Å². The van der Waals surface area contributed by atoms with Gasteiger partial charge < -0.3 is 9.88 Å². The number of hydrogen-bond acceptors (Lipinski definition) is 6. The lowest BCUT2D eigenvalue weighted by atomic mass is 10.2. The Kier molecular flexibility index (Phi) is 3.53. The quantitative estimate of drug-likeness (QED) is 0.864. The zero-order chi connectivity index (χ0) is 16.0. The summed E-state index contributed by atoms with van der Waals surface area (Å²) in [5.74, 6) is 2.40. The molecule has 0 saturated carbocycles. The van der Waals surface area contributed by atoms with Crippen LogP contribution in [-0.2, 0) is 9.84 Å². The van der Waals surface area contributed by atoms with Crippen LogP contribution in [0.1, 0.15) is 12.2 Å². The second kappa shape index (κ2) is 5.45. The largest absolute Gasteiger partial charge is 0.353 e. The van der Waals surface area contributed by atoms with E-state index in [9.17, 15) is 8.42 Å². The lowest BCUT2D eigenvalue weighted by Gasteiger charge is -2.38. The number of aromatic nitrogens is 3. The van der Waals surface area contributed by atoms with Crippen molar-refractivity contribution >= 4 is 26.7 Å². The summed E-state index contributed by atoms with van der Waals surface area (Å²) in [6, 6.07) is 2.21. The van der Waals surface area contributed by atoms with Crippen LogP contribution in [0.5, 0.6) is 0 Å². The van der Waals surface area contributed by atoms with Crippen LogP contribution in [0.4, 0.5) is 5.82 Å². The molecule has 0 aliphatic carbocycles. The number of piperazine rings is 1. The van der Waals surface area contributed by atoms with Gasteiger partial charge in [-0.25, -0.2) is 18.4 Å². The summed E-state index contributed by atoms with van der Waals surface area (Å²) in [6.45, 7) is 5.41. The number of H-pyrrole nitrogens is 1. The highest BCUT2D eigenvalue weighted by molar-refractivity contribution is 7.91. The van der Waals surface area contributed by atoms with Gasteiger partial charge in [0, 0.05) is 38.4 Å². The van der Waals surface area contributed by atoms with Crippen molar-refractivity contribution in [2.45, 2.75) is 19.4 Å². The summed E-state index contributed by atoms with van der Waals surface area (Å²) in [4.78, 5) is 16.8. The number of fused-ring (bicyclic) bond motifs is 1. The molecule has 4 heterocycles. The van der Waals surface area contributed by atoms with E-state index in [1.54, 1.807) is 0 Å². The topological polar surface area (TPSA) is 82.2 Å². The van der Waals surface area contributed by atoms with Gasteiger partial charge in [0.1, 0.15) is 17.3 Å². The summed E-state index contributed by atoms with van der Waals surface area (Å²) >= 11 is 0. The molecule has 0 spiro atoms. The smallest absolute Gasteiger partial charge is 0.151 e. The summed E-state index contributed by atoms with van der Waals surface area (Å²) < 4.78 is 23.3. The van der Waals surface area contributed by atoms with Gasteiger partial charge in [0.25, 0.3) is 0 Å². The van der Waals surface area contributed by atoms with Crippen molar-refractivity contribution in [2.24, 2.45) is 0 Å². The first kappa shape index (κ1) is 14.9. The van der Waals surface area contributed by atoms with E-state index in [1.807, 2.05) is 19.2 Å². The van der Waals surface area contributed by atoms with Crippen LogP contribution in [0.25, 0.3) is 11.0 Å². The van der Waals surface area contributed by atoms with Crippen molar-refractivity contribution < 1.29 is 8.42 Å². The van der Waals surface area contributed by atoms with E-state index in [0.29, 0.717) is 11.5 Å². The third-order valence-electron chi connectivity index (χ3n) is 4.85. The average molecular weight is 335 g/mol. The molecule has 0 radical (unpaired) electrons. The zero-order valence-corrected chi connectivity index (χ0v) is 14.0. The molecule has 2 aliphatic heterocycles. The number of aromatic amines is 1. The van der Waals surface area contributed by atoms with E-state index in [-0.39, 0.29) is 6.04 Å². The number of aryl methyl sites for hydroxylation is 1. The predicted octanol–water partition coefficient (Wildman–Crippen LogP) is 0.575. The van der Waals surface area contributed by atoms with E-state index in [1.165, 1.54) is 0 Å². The minimum absolute atomic E-state index is 0.196. The Labute approximate surface area is 135 Å². The van der Waals surface area contributed by atoms with Gasteiger partial charge in [-0.05, 0) is 19.4 Å². The molecule has 1 N–H and O–H groups in total. The van der Waals surface area contributed by atoms with Gasteiger partial charge in [-0.3, -0.25) is 4.90 Å². The highest BCUT2D eigenvalue weighted by Crippen LogP contribution is 2.26. The van der Waals surface area contributed by atoms with Crippen LogP contribution < -0.4 is 4.90 Å². The van der Waals surface area contributed by atoms with Crippen LogP contribution in [0, 0.1) is 6.92 Å². The van der Waals surface area contributed by atoms with Gasteiger partial charge in [-0.2, -0.15) is 0 Å². The summed E-state index contributed by atoms with van der Waals surface area (Å²) in [5.41, 5.74) is 0.872. The summed E-state index contributed by atoms with van der Waals surface area (Å²) in [5, 5.41) is 1.05. The molecule has 124 valence electrons. The SMILES string of the molecule is Cc1nc(N2CCN([C@@H]3CCS(=O)(=O)C3)CC2)c2cc[nH]c2n1. The van der Waals surface area contributed by atoms with E-state index in [0.717, 1.165) is 55.3 Å². The Morgan fingerprint density at radius 3 is 2.70 bits per heavy atom. The molecule has 0 aromatic carbocycles. The third-order valence-corrected chi connectivity index (χ3v) is 6.60. The molecule has 7 nitrogen and oxygen atoms in total. The van der Waals surface area contributed by atoms with E-state index in [2.05, 4.69) is 24.8 Å². The Bertz CT molecular complexity index is 824. The second-order valence-corrected chi connectivity index (χ2v) is 8.64. The lowest BCUT2D eigenvalue weighted by molar-refractivity contribution is 0.200. The monoisotopic (exact) mass is 335 g/mol. The fourth-order valence-electron chi connectivity index (χ4n) is 3.64. The number of rotatable bonds is 2. The van der Waals surface area contributed by atoms with Crippen LogP contribution in [-0.4, -0.2) is 72.0 Å². The predicted molar refractivity (Wildman–Crippen MR) is 89.5 cm³/mol. The van der Waals surface area contributed by atoms with E-state index >= 15 is 0 Å². The number of anilines is 1. The van der Waals surface area contributed by atoms with Crippen molar-refractivity contribution in [3.05, 3.63) is 18.1 Å². The Hall–Kier alpha value is -1.67. The Balaban J connectivity index is 1.50. The van der Waals surface area contributed by atoms with Crippen molar-refractivity contribution in [1.82, 2.24) is 19.9 Å². The molecular formula is C15H21N5O2S. The van der Waals surface area contributed by atoms with Gasteiger partial charge in [0.05, 0.1) is 16.9 Å². The normalized spacial score (nSPS) is 25.3. The second-order valence-electron chi connectivity index (χ2n) is 6.41. The van der Waals surface area contributed by atoms with Crippen molar-refractivity contribution in [3.8, 4) is 0 Å². The van der Waals surface area contributed by atoms with Crippen molar-refractivity contribution in [2.75, 3.05) is 42.6 Å². The Morgan fingerprint density at radius 1 is 1.22 bits per heavy atom. The molecule has 2 aliphatic rings. The number of nitrogens with zero attached hydrogens (tertiary/aromatic N) is 4. The van der Waals surface area contributed by atoms with Gasteiger partial charge in [0.15, 0.2) is 9.84 Å². The summed E-state index contributed by atoms with van der Waals surface area (Å²) in [7, 11) is -2.82. The van der Waals surface area contributed by atoms with Crippen molar-refractivity contribution in [1.29, 1.82) is 0 Å². The molecule has 0 unspecified atom stereocenters. The average Bonchev–Trinajstić information content (AvgIpc) is 3.12. The molecule has 0 bridgehead atoms. The van der Waals surface area contributed by atoms with Gasteiger partial charge in [0.2, 0.25) is 0 Å². The molecule has 23 heavy (non-hydrogen) atoms. The molecule has 1 atom stereocenters. The maximum atomic E-state index is 11.7. The maximum Gasteiger partial charge on any atom is 0.151 e. The minimum Gasteiger partial charge on any atom is -0.353 e. The Morgan fingerprint density at radius 2 is 2.00 bits per heavy atom. The standard InChI is InChI=1S/C15H21N5O2S/c1-11-17-14-13(2-4-16-14)15(18-11)20-7-5-19(6-8-20)12-3-9-23(21,22)10-12/h2,4,12H,3,5-10H2,1H3,(H,16,17,18)/t12-/m1/s1. The highest BCUT2D eigenvalue weighted by Gasteiger charge is 2.34. The van der Waals surface area contributed by atoms with Gasteiger partial charge in [-0.1, -0.05) is 0 Å². The fraction of sp³-hybridized carbons (Fsp3) is 0.600. The molecule has 2 aromatic rings. The van der Waals surface area contributed by atoms with Crippen LogP contribution >= 0.6 is 0 Å². The number of nitrogens with one attached hydrogen (secondary N) is 1. The zero-order valence-electron chi connectivity index (χ0n) is 13.2. The molecule has 4 rings (SSSR count). The number of hydrogen-bond donors (Lipinski definition) is 1. The first-order valence-electron chi connectivity index (χ1n) is 8.03. The van der Waals surface area contributed by atoms with E-state index < -0.39 is 9.84 Å². The first-order chi connectivity index (χ1) is 11.0. The van der Waals surface area contributed by atoms with Gasteiger partial charge in [-0.15, -0.1) is 0 Å². The lowest BCUT2D eigenvalue weighted by Crippen LogP contribution is -2.51. The third kappa shape index (κ3) is 2.81. The molecule has 8 heteroatoms. The van der Waals surface area contributed by atoms with Crippen LogP contribution in [0.2, 0.25) is 0 Å². The molecule has 2 fully saturated rings. The minimum atomic E-state index is -2.82. The number of sulfone groups is 1. The van der Waals surface area contributed by atoms with Gasteiger partial charge >= 0.3 is 0 Å². The highest BCUT2D eigenvalue weighted by atomic mass is 32.2. The maximum absolute atomic E-state index is 11.7. The summed E-state index contributed by atoms with van der Waals surface area (Å²) in [6.07, 6.45) is 2.67. The van der Waals surface area contributed by atoms with Crippen LogP contribution in [0.3, 0.4) is 0 Å². The molecular weight excluding hydrogens is 314 g/mol.